The summed E-state index contributed by atoms with van der Waals surface area (Å²) in [5, 5.41) is 16.1. The third-order valence-corrected chi connectivity index (χ3v) is 8.21. The smallest absolute Gasteiger partial charge is 0.404 e. The van der Waals surface area contributed by atoms with Gasteiger partial charge < -0.3 is 34.7 Å². The number of ether oxygens (including phenoxy) is 2. The molecule has 2 heterocycles. The number of carbonyl (C=O) groups is 2. The summed E-state index contributed by atoms with van der Waals surface area (Å²) in [6, 6.07) is 14.5. The Labute approximate surface area is 244 Å². The van der Waals surface area contributed by atoms with Gasteiger partial charge in [0.25, 0.3) is 5.91 Å². The average molecular weight is 582 g/mol. The van der Waals surface area contributed by atoms with Crippen LogP contribution in [-0.2, 0) is 0 Å². The van der Waals surface area contributed by atoms with E-state index in [1.165, 1.54) is 0 Å². The number of imidazole rings is 1. The molecule has 3 N–H and O–H groups in total. The maximum Gasteiger partial charge on any atom is 0.404 e. The van der Waals surface area contributed by atoms with Gasteiger partial charge >= 0.3 is 6.09 Å². The van der Waals surface area contributed by atoms with Crippen molar-refractivity contribution in [3.8, 4) is 22.8 Å². The highest BCUT2D eigenvalue weighted by Gasteiger charge is 2.35. The normalized spacial score (nSPS) is 20.8. The van der Waals surface area contributed by atoms with Crippen molar-refractivity contribution in [2.45, 2.75) is 50.2 Å². The molecule has 0 bridgehead atoms. The zero-order valence-corrected chi connectivity index (χ0v) is 23.8. The molecule has 0 spiro atoms. The number of amides is 2. The summed E-state index contributed by atoms with van der Waals surface area (Å²) in [6.45, 7) is 2.22. The van der Waals surface area contributed by atoms with Crippen LogP contribution in [-0.4, -0.2) is 77.0 Å². The average Bonchev–Trinajstić information content (AvgIpc) is 3.43. The maximum absolute atomic E-state index is 14.2. The van der Waals surface area contributed by atoms with E-state index < -0.39 is 6.09 Å². The number of halogens is 1. The molecule has 3 atom stereocenters. The summed E-state index contributed by atoms with van der Waals surface area (Å²) in [6.07, 6.45) is 4.73. The van der Waals surface area contributed by atoms with Crippen LogP contribution in [0.1, 0.15) is 48.6 Å². The second kappa shape index (κ2) is 13.3. The Kier molecular flexibility index (Phi) is 9.31. The summed E-state index contributed by atoms with van der Waals surface area (Å²) in [4.78, 5) is 32.3. The van der Waals surface area contributed by atoms with Crippen LogP contribution in [0.25, 0.3) is 11.3 Å². The maximum atomic E-state index is 14.2. The van der Waals surface area contributed by atoms with Crippen LogP contribution in [0.5, 0.6) is 11.5 Å². The van der Waals surface area contributed by atoms with Crippen LogP contribution in [0.2, 0.25) is 5.02 Å². The fraction of sp³-hybridized carbons (Fsp3) is 0.433. The number of aromatic nitrogens is 2. The Morgan fingerprint density at radius 3 is 2.76 bits per heavy atom. The van der Waals surface area contributed by atoms with Crippen LogP contribution in [0.15, 0.2) is 54.9 Å². The van der Waals surface area contributed by atoms with Crippen LogP contribution in [0.4, 0.5) is 4.79 Å². The van der Waals surface area contributed by atoms with Gasteiger partial charge in [-0.2, -0.15) is 0 Å². The Balaban J connectivity index is 1.40. The molecule has 1 saturated heterocycles. The van der Waals surface area contributed by atoms with E-state index in [1.54, 1.807) is 31.6 Å². The Morgan fingerprint density at radius 2 is 1.98 bits per heavy atom. The van der Waals surface area contributed by atoms with E-state index >= 15 is 0 Å². The SMILES string of the molecule is COc1ccc(Cl)c(OCC[C@@H]2CNCCN2C(=O)c2ncn([C@H]3CCCC[C@@H]3NC(=O)O)c2-c2ccccc2)c1. The molecule has 2 aromatic carbocycles. The Morgan fingerprint density at radius 1 is 1.17 bits per heavy atom. The molecule has 41 heavy (non-hydrogen) atoms. The summed E-state index contributed by atoms with van der Waals surface area (Å²) in [5.41, 5.74) is 1.96. The molecule has 1 saturated carbocycles. The van der Waals surface area contributed by atoms with Crippen LogP contribution in [0, 0.1) is 0 Å². The van der Waals surface area contributed by atoms with E-state index in [0.717, 1.165) is 36.9 Å². The molecule has 2 amide bonds. The summed E-state index contributed by atoms with van der Waals surface area (Å²) in [5.74, 6) is 1.05. The van der Waals surface area contributed by atoms with Gasteiger partial charge in [0.2, 0.25) is 0 Å². The van der Waals surface area contributed by atoms with Gasteiger partial charge in [-0.25, -0.2) is 9.78 Å². The highest BCUT2D eigenvalue weighted by Crippen LogP contribution is 2.35. The number of carboxylic acid groups (broad SMARTS) is 1. The van der Waals surface area contributed by atoms with Crippen molar-refractivity contribution in [3.05, 3.63) is 65.6 Å². The van der Waals surface area contributed by atoms with E-state index in [1.807, 2.05) is 39.8 Å². The Hall–Kier alpha value is -3.76. The predicted molar refractivity (Wildman–Crippen MR) is 156 cm³/mol. The van der Waals surface area contributed by atoms with Crippen molar-refractivity contribution in [1.29, 1.82) is 0 Å². The molecule has 3 aromatic rings. The summed E-state index contributed by atoms with van der Waals surface area (Å²) in [7, 11) is 1.59. The number of methoxy groups -OCH3 is 1. The molecule has 5 rings (SSSR count). The fourth-order valence-corrected chi connectivity index (χ4v) is 6.04. The van der Waals surface area contributed by atoms with Gasteiger partial charge in [-0.15, -0.1) is 0 Å². The second-order valence-electron chi connectivity index (χ2n) is 10.4. The first-order valence-corrected chi connectivity index (χ1v) is 14.4. The molecule has 11 heteroatoms. The van der Waals surface area contributed by atoms with Gasteiger partial charge in [0, 0.05) is 43.7 Å². The highest BCUT2D eigenvalue weighted by atomic mass is 35.5. The van der Waals surface area contributed by atoms with Gasteiger partial charge in [0.05, 0.1) is 42.8 Å². The lowest BCUT2D eigenvalue weighted by atomic mass is 9.89. The monoisotopic (exact) mass is 581 g/mol. The number of piperazine rings is 1. The molecule has 2 fully saturated rings. The first-order chi connectivity index (χ1) is 20.0. The first-order valence-electron chi connectivity index (χ1n) is 14.1. The number of nitrogens with one attached hydrogen (secondary N) is 2. The van der Waals surface area contributed by atoms with Crippen molar-refractivity contribution in [2.24, 2.45) is 0 Å². The third-order valence-electron chi connectivity index (χ3n) is 7.90. The van der Waals surface area contributed by atoms with Gasteiger partial charge in [-0.3, -0.25) is 4.79 Å². The molecule has 10 nitrogen and oxygen atoms in total. The summed E-state index contributed by atoms with van der Waals surface area (Å²) < 4.78 is 13.3. The molecule has 218 valence electrons. The van der Waals surface area contributed by atoms with Gasteiger partial charge in [-0.1, -0.05) is 54.8 Å². The lowest BCUT2D eigenvalue weighted by Gasteiger charge is -2.36. The van der Waals surface area contributed by atoms with Gasteiger partial charge in [0.15, 0.2) is 5.69 Å². The molecular weight excluding hydrogens is 546 g/mol. The van der Waals surface area contributed by atoms with E-state index in [2.05, 4.69) is 15.6 Å². The van der Waals surface area contributed by atoms with Crippen molar-refractivity contribution in [2.75, 3.05) is 33.4 Å². The molecule has 1 aliphatic heterocycles. The van der Waals surface area contributed by atoms with E-state index in [-0.39, 0.29) is 24.0 Å². The van der Waals surface area contributed by atoms with Crippen LogP contribution >= 0.6 is 11.6 Å². The van der Waals surface area contributed by atoms with E-state index in [9.17, 15) is 14.7 Å². The number of carbonyl (C=O) groups excluding carboxylic acids is 1. The lowest BCUT2D eigenvalue weighted by Crippen LogP contribution is -2.54. The first kappa shape index (κ1) is 28.8. The van der Waals surface area contributed by atoms with Crippen molar-refractivity contribution < 1.29 is 24.2 Å². The minimum absolute atomic E-state index is 0.106. The lowest BCUT2D eigenvalue weighted by molar-refractivity contribution is 0.0601. The summed E-state index contributed by atoms with van der Waals surface area (Å²) >= 11 is 6.31. The van der Waals surface area contributed by atoms with Crippen molar-refractivity contribution in [1.82, 2.24) is 25.1 Å². The van der Waals surface area contributed by atoms with E-state index in [4.69, 9.17) is 21.1 Å². The molecule has 0 radical (unpaired) electrons. The van der Waals surface area contributed by atoms with E-state index in [0.29, 0.717) is 54.9 Å². The van der Waals surface area contributed by atoms with Crippen molar-refractivity contribution in [3.63, 3.8) is 0 Å². The van der Waals surface area contributed by atoms with Crippen LogP contribution < -0.4 is 20.1 Å². The number of nitrogens with zero attached hydrogens (tertiary/aromatic N) is 3. The minimum atomic E-state index is -1.04. The third kappa shape index (κ3) is 6.60. The molecule has 1 aromatic heterocycles. The second-order valence-corrected chi connectivity index (χ2v) is 10.8. The van der Waals surface area contributed by atoms with Crippen LogP contribution in [0.3, 0.4) is 0 Å². The Bertz CT molecular complexity index is 1350. The highest BCUT2D eigenvalue weighted by molar-refractivity contribution is 6.32. The standard InChI is InChI=1S/C30H36ClN5O5/c1-40-22-11-12-23(31)26(17-22)41-16-13-21-18-32-14-15-35(21)29(37)27-28(20-7-3-2-4-8-20)36(19-33-27)25-10-6-5-9-24(25)34-30(38)39/h2-4,7-8,11-12,17,19,21,24-25,32,34H,5-6,9-10,13-16,18H2,1H3,(H,38,39)/t21-,24+,25+/m1/s1. The number of hydrogen-bond donors (Lipinski definition) is 3. The van der Waals surface area contributed by atoms with Gasteiger partial charge in [-0.05, 0) is 25.0 Å². The van der Waals surface area contributed by atoms with Gasteiger partial charge in [0.1, 0.15) is 11.5 Å². The zero-order chi connectivity index (χ0) is 28.8. The fourth-order valence-electron chi connectivity index (χ4n) is 5.87. The molecule has 0 unspecified atom stereocenters. The topological polar surface area (TPSA) is 118 Å². The number of hydrogen-bond acceptors (Lipinski definition) is 6. The van der Waals surface area contributed by atoms with Crippen molar-refractivity contribution >= 4 is 23.6 Å². The number of benzene rings is 2. The molecule has 1 aliphatic carbocycles. The molecular formula is C30H36ClN5O5. The zero-order valence-electron chi connectivity index (χ0n) is 23.1. The minimum Gasteiger partial charge on any atom is -0.497 e. The quantitative estimate of drug-likeness (QED) is 0.331. The molecule has 2 aliphatic rings. The largest absolute Gasteiger partial charge is 0.497 e. The predicted octanol–water partition coefficient (Wildman–Crippen LogP) is 4.85. The number of rotatable bonds is 9.